The van der Waals surface area contributed by atoms with E-state index in [1.807, 2.05) is 35.1 Å². The van der Waals surface area contributed by atoms with Crippen molar-refractivity contribution in [2.45, 2.75) is 38.8 Å². The van der Waals surface area contributed by atoms with Crippen LogP contribution in [0.4, 0.5) is 16.3 Å². The van der Waals surface area contributed by atoms with Crippen molar-refractivity contribution in [2.24, 2.45) is 7.05 Å². The normalized spacial score (nSPS) is 12.5. The van der Waals surface area contributed by atoms with Crippen LogP contribution in [0.2, 0.25) is 0 Å². The number of carbonyl (C=O) groups excluding carboxylic acids is 2. The van der Waals surface area contributed by atoms with Gasteiger partial charge in [-0.2, -0.15) is 13.5 Å². The molecule has 1 atom stereocenters. The van der Waals surface area contributed by atoms with Crippen LogP contribution in [0, 0.1) is 0 Å². The Morgan fingerprint density at radius 2 is 1.72 bits per heavy atom. The number of alkyl carbamates (subject to hydrolysis) is 1. The van der Waals surface area contributed by atoms with Gasteiger partial charge in [0.15, 0.2) is 0 Å². The Bertz CT molecular complexity index is 1320. The average molecular weight is 516 g/mol. The number of ether oxygens (including phenoxy) is 1. The molecule has 0 radical (unpaired) electrons. The van der Waals surface area contributed by atoms with Gasteiger partial charge in [-0.3, -0.25) is 18.8 Å². The molecule has 0 fully saturated rings. The molecule has 36 heavy (non-hydrogen) atoms. The van der Waals surface area contributed by atoms with Gasteiger partial charge in [-0.25, -0.2) is 4.79 Å². The van der Waals surface area contributed by atoms with Crippen LogP contribution in [0.1, 0.15) is 26.3 Å². The number of benzene rings is 2. The van der Waals surface area contributed by atoms with Crippen LogP contribution in [0.3, 0.4) is 0 Å². The van der Waals surface area contributed by atoms with E-state index in [1.54, 1.807) is 46.0 Å². The molecule has 12 heteroatoms. The second kappa shape index (κ2) is 10.8. The number of hydrogen-bond acceptors (Lipinski definition) is 6. The maximum Gasteiger partial charge on any atom is 0.408 e. The predicted octanol–water partition coefficient (Wildman–Crippen LogP) is 3.38. The zero-order chi connectivity index (χ0) is 26.5. The summed E-state index contributed by atoms with van der Waals surface area (Å²) in [6.07, 6.45) is -0.678. The molecule has 192 valence electrons. The number of amides is 2. The molecule has 0 aliphatic carbocycles. The van der Waals surface area contributed by atoms with E-state index in [0.717, 1.165) is 5.56 Å². The zero-order valence-electron chi connectivity index (χ0n) is 20.3. The van der Waals surface area contributed by atoms with Crippen molar-refractivity contribution in [3.05, 3.63) is 66.2 Å². The molecule has 1 heterocycles. The first kappa shape index (κ1) is 26.7. The van der Waals surface area contributed by atoms with E-state index in [9.17, 15) is 18.0 Å². The predicted molar refractivity (Wildman–Crippen MR) is 136 cm³/mol. The van der Waals surface area contributed by atoms with Gasteiger partial charge in [0.05, 0.1) is 11.4 Å². The minimum atomic E-state index is -4.41. The maximum absolute atomic E-state index is 13.2. The number of nitrogens with one attached hydrogen (secondary N) is 3. The molecular weight excluding hydrogens is 486 g/mol. The molecule has 3 rings (SSSR count). The minimum Gasteiger partial charge on any atom is -0.444 e. The highest BCUT2D eigenvalue weighted by Gasteiger charge is 2.26. The third-order valence-corrected chi connectivity index (χ3v) is 5.34. The van der Waals surface area contributed by atoms with Crippen molar-refractivity contribution >= 4 is 33.8 Å². The summed E-state index contributed by atoms with van der Waals surface area (Å²) in [5.74, 6) is -0.0637. The number of aryl methyl sites for hydroxylation is 1. The first-order valence-electron chi connectivity index (χ1n) is 11.0. The monoisotopic (exact) mass is 515 g/mol. The molecule has 11 nitrogen and oxygen atoms in total. The van der Waals surface area contributed by atoms with Crippen molar-refractivity contribution in [3.8, 4) is 11.3 Å². The van der Waals surface area contributed by atoms with Crippen LogP contribution in [-0.4, -0.2) is 46.4 Å². The fraction of sp³-hybridized carbons (Fsp3) is 0.292. The molecule has 2 aromatic carbocycles. The van der Waals surface area contributed by atoms with E-state index in [4.69, 9.17) is 9.29 Å². The van der Waals surface area contributed by atoms with E-state index in [0.29, 0.717) is 17.1 Å². The number of aromatic nitrogens is 2. The average Bonchev–Trinajstić information content (AvgIpc) is 3.13. The van der Waals surface area contributed by atoms with Crippen LogP contribution in [0.15, 0.2) is 60.7 Å². The minimum absolute atomic E-state index is 0.0840. The number of anilines is 2. The van der Waals surface area contributed by atoms with Gasteiger partial charge in [-0.15, -0.1) is 0 Å². The standard InChI is InChI=1S/C24H29N5O6S/c1-24(2,3)35-23(31)25-20(14-16-10-12-18(13-11-16)28-36(32,33)34)22(30)26-21-15-19(27-29(21)4)17-8-6-5-7-9-17/h5-13,15,20,28H,14H2,1-4H3,(H,25,31)(H,26,30)(H,32,33,34). The summed E-state index contributed by atoms with van der Waals surface area (Å²) in [7, 11) is -2.72. The first-order chi connectivity index (χ1) is 16.8. The lowest BCUT2D eigenvalue weighted by atomic mass is 10.0. The molecule has 0 spiro atoms. The molecule has 1 unspecified atom stereocenters. The lowest BCUT2D eigenvalue weighted by molar-refractivity contribution is -0.118. The van der Waals surface area contributed by atoms with Crippen molar-refractivity contribution in [1.29, 1.82) is 0 Å². The van der Waals surface area contributed by atoms with Crippen LogP contribution < -0.4 is 15.4 Å². The fourth-order valence-electron chi connectivity index (χ4n) is 3.30. The van der Waals surface area contributed by atoms with Gasteiger partial charge in [-0.1, -0.05) is 42.5 Å². The summed E-state index contributed by atoms with van der Waals surface area (Å²) >= 11 is 0. The van der Waals surface area contributed by atoms with Gasteiger partial charge in [0, 0.05) is 25.1 Å². The molecule has 0 aliphatic rings. The number of rotatable bonds is 8. The summed E-state index contributed by atoms with van der Waals surface area (Å²) < 4.78 is 39.7. The van der Waals surface area contributed by atoms with Crippen LogP contribution >= 0.6 is 0 Å². The van der Waals surface area contributed by atoms with E-state index >= 15 is 0 Å². The van der Waals surface area contributed by atoms with Crippen LogP contribution in [0.25, 0.3) is 11.3 Å². The zero-order valence-corrected chi connectivity index (χ0v) is 21.2. The van der Waals surface area contributed by atoms with Crippen LogP contribution in [-0.2, 0) is 33.3 Å². The van der Waals surface area contributed by atoms with Crippen molar-refractivity contribution in [1.82, 2.24) is 15.1 Å². The van der Waals surface area contributed by atoms with Gasteiger partial charge in [0.2, 0.25) is 5.91 Å². The van der Waals surface area contributed by atoms with E-state index in [-0.39, 0.29) is 12.1 Å². The fourth-order valence-corrected chi connectivity index (χ4v) is 3.73. The van der Waals surface area contributed by atoms with Gasteiger partial charge in [0.1, 0.15) is 17.5 Å². The summed E-state index contributed by atoms with van der Waals surface area (Å²) in [4.78, 5) is 25.7. The van der Waals surface area contributed by atoms with Gasteiger partial charge in [-0.05, 0) is 38.5 Å². The third-order valence-electron chi connectivity index (χ3n) is 4.85. The van der Waals surface area contributed by atoms with Crippen molar-refractivity contribution < 1.29 is 27.3 Å². The van der Waals surface area contributed by atoms with Crippen molar-refractivity contribution in [2.75, 3.05) is 10.0 Å². The summed E-state index contributed by atoms with van der Waals surface area (Å²) in [5, 5.41) is 9.84. The Kier molecular flexibility index (Phi) is 8.00. The molecule has 0 saturated carbocycles. The second-order valence-corrected chi connectivity index (χ2v) is 10.2. The van der Waals surface area contributed by atoms with Crippen LogP contribution in [0.5, 0.6) is 0 Å². The second-order valence-electron chi connectivity index (χ2n) is 9.07. The van der Waals surface area contributed by atoms with E-state index < -0.39 is 33.9 Å². The molecule has 1 aromatic heterocycles. The Hall–Kier alpha value is -3.90. The molecule has 2 amide bonds. The Balaban J connectivity index is 1.79. The molecular formula is C24H29N5O6S. The van der Waals surface area contributed by atoms with E-state index in [2.05, 4.69) is 15.7 Å². The molecule has 0 saturated heterocycles. The summed E-state index contributed by atoms with van der Waals surface area (Å²) in [5.41, 5.74) is 1.57. The molecule has 0 bridgehead atoms. The first-order valence-corrected chi connectivity index (χ1v) is 12.5. The third kappa shape index (κ3) is 8.10. The Morgan fingerprint density at radius 3 is 2.31 bits per heavy atom. The lowest BCUT2D eigenvalue weighted by Crippen LogP contribution is -2.47. The molecule has 4 N–H and O–H groups in total. The highest BCUT2D eigenvalue weighted by molar-refractivity contribution is 7.87. The SMILES string of the molecule is Cn1nc(-c2ccccc2)cc1NC(=O)C(Cc1ccc(NS(=O)(=O)O)cc1)NC(=O)OC(C)(C)C. The highest BCUT2D eigenvalue weighted by atomic mass is 32.2. The van der Waals surface area contributed by atoms with Gasteiger partial charge < -0.3 is 15.4 Å². The summed E-state index contributed by atoms with van der Waals surface area (Å²) in [6.45, 7) is 5.13. The van der Waals surface area contributed by atoms with Crippen molar-refractivity contribution in [3.63, 3.8) is 0 Å². The maximum atomic E-state index is 13.2. The number of carbonyl (C=O) groups is 2. The molecule has 0 aliphatic heterocycles. The Morgan fingerprint density at radius 1 is 1.08 bits per heavy atom. The van der Waals surface area contributed by atoms with E-state index in [1.165, 1.54) is 16.8 Å². The van der Waals surface area contributed by atoms with Gasteiger partial charge >= 0.3 is 16.4 Å². The smallest absolute Gasteiger partial charge is 0.408 e. The quantitative estimate of drug-likeness (QED) is 0.336. The lowest BCUT2D eigenvalue weighted by Gasteiger charge is -2.23. The Labute approximate surface area is 209 Å². The summed E-state index contributed by atoms with van der Waals surface area (Å²) in [6, 6.07) is 16.2. The highest BCUT2D eigenvalue weighted by Crippen LogP contribution is 2.21. The van der Waals surface area contributed by atoms with Gasteiger partial charge in [0.25, 0.3) is 0 Å². The topological polar surface area (TPSA) is 152 Å². The largest absolute Gasteiger partial charge is 0.444 e. The number of hydrogen-bond donors (Lipinski definition) is 4. The molecule has 3 aromatic rings. The number of nitrogens with zero attached hydrogens (tertiary/aromatic N) is 2.